The van der Waals surface area contributed by atoms with E-state index in [1.165, 1.54) is 7.11 Å². The largest absolute Gasteiger partial charge is 0.462 e. The molecular formula is C8H13NO4. The van der Waals surface area contributed by atoms with E-state index < -0.39 is 11.9 Å². The summed E-state index contributed by atoms with van der Waals surface area (Å²) in [6.45, 7) is 3.63. The summed E-state index contributed by atoms with van der Waals surface area (Å²) in [5.41, 5.74) is 0. The first kappa shape index (κ1) is 11.6. The van der Waals surface area contributed by atoms with Crippen molar-refractivity contribution in [3.05, 3.63) is 12.7 Å². The van der Waals surface area contributed by atoms with Crippen molar-refractivity contribution in [2.45, 2.75) is 0 Å². The molecule has 1 amide bonds. The lowest BCUT2D eigenvalue weighted by atomic mass is 10.5. The highest BCUT2D eigenvalue weighted by Crippen LogP contribution is 1.78. The first-order chi connectivity index (χ1) is 6.20. The van der Waals surface area contributed by atoms with E-state index >= 15 is 0 Å². The van der Waals surface area contributed by atoms with Crippen molar-refractivity contribution in [3.8, 4) is 0 Å². The van der Waals surface area contributed by atoms with Crippen LogP contribution in [0, 0.1) is 0 Å². The van der Waals surface area contributed by atoms with Gasteiger partial charge in [-0.2, -0.15) is 0 Å². The summed E-state index contributed by atoms with van der Waals surface area (Å²) in [5.74, 6) is -0.893. The standard InChI is InChI=1S/C8H13NO4/c1-3-7(10)9-6-8(11)13-5-4-12-2/h3H,1,4-6H2,2H3,(H,9,10). The second-order valence-electron chi connectivity index (χ2n) is 2.14. The minimum atomic E-state index is -0.493. The van der Waals surface area contributed by atoms with Crippen molar-refractivity contribution >= 4 is 11.9 Å². The zero-order valence-electron chi connectivity index (χ0n) is 7.54. The van der Waals surface area contributed by atoms with Crippen molar-refractivity contribution in [3.63, 3.8) is 0 Å². The number of hydrogen-bond acceptors (Lipinski definition) is 4. The first-order valence-electron chi connectivity index (χ1n) is 3.75. The fraction of sp³-hybridized carbons (Fsp3) is 0.500. The molecular weight excluding hydrogens is 174 g/mol. The summed E-state index contributed by atoms with van der Waals surface area (Å²) in [4.78, 5) is 21.4. The van der Waals surface area contributed by atoms with Crippen LogP contribution in [0.1, 0.15) is 0 Å². The number of amides is 1. The topological polar surface area (TPSA) is 64.6 Å². The van der Waals surface area contributed by atoms with Crippen LogP contribution < -0.4 is 5.32 Å². The molecule has 0 bridgehead atoms. The van der Waals surface area contributed by atoms with Crippen molar-refractivity contribution in [1.82, 2.24) is 5.32 Å². The molecule has 0 heterocycles. The Hall–Kier alpha value is -1.36. The summed E-state index contributed by atoms with van der Waals surface area (Å²) in [6.07, 6.45) is 1.09. The Labute approximate surface area is 76.7 Å². The van der Waals surface area contributed by atoms with Crippen LogP contribution in [0.15, 0.2) is 12.7 Å². The van der Waals surface area contributed by atoms with Gasteiger partial charge in [0.25, 0.3) is 0 Å². The Morgan fingerprint density at radius 2 is 2.15 bits per heavy atom. The van der Waals surface area contributed by atoms with Gasteiger partial charge in [-0.25, -0.2) is 0 Å². The molecule has 1 N–H and O–H groups in total. The van der Waals surface area contributed by atoms with Gasteiger partial charge in [-0.15, -0.1) is 0 Å². The van der Waals surface area contributed by atoms with Crippen LogP contribution in [0.2, 0.25) is 0 Å². The maximum absolute atomic E-state index is 10.8. The van der Waals surface area contributed by atoms with Gasteiger partial charge in [-0.05, 0) is 6.08 Å². The third-order valence-electron chi connectivity index (χ3n) is 1.14. The maximum atomic E-state index is 10.8. The Kier molecular flexibility index (Phi) is 6.53. The number of ether oxygens (including phenoxy) is 2. The van der Waals surface area contributed by atoms with E-state index in [9.17, 15) is 9.59 Å². The lowest BCUT2D eigenvalue weighted by molar-refractivity contribution is -0.144. The Morgan fingerprint density at radius 1 is 1.46 bits per heavy atom. The highest BCUT2D eigenvalue weighted by atomic mass is 16.6. The van der Waals surface area contributed by atoms with E-state index in [4.69, 9.17) is 0 Å². The zero-order valence-corrected chi connectivity index (χ0v) is 7.54. The summed E-state index contributed by atoms with van der Waals surface area (Å²) in [5, 5.41) is 2.29. The fourth-order valence-electron chi connectivity index (χ4n) is 0.521. The zero-order chi connectivity index (χ0) is 10.1. The molecule has 0 unspecified atom stereocenters. The number of methoxy groups -OCH3 is 1. The Balaban J connectivity index is 3.40. The summed E-state index contributed by atoms with van der Waals surface area (Å²) >= 11 is 0. The van der Waals surface area contributed by atoms with E-state index in [-0.39, 0.29) is 13.2 Å². The van der Waals surface area contributed by atoms with E-state index in [0.29, 0.717) is 6.61 Å². The smallest absolute Gasteiger partial charge is 0.325 e. The second-order valence-corrected chi connectivity index (χ2v) is 2.14. The summed E-state index contributed by atoms with van der Waals surface area (Å²) in [6, 6.07) is 0. The number of esters is 1. The number of hydrogen-bond donors (Lipinski definition) is 1. The average Bonchev–Trinajstić information content (AvgIpc) is 2.14. The average molecular weight is 187 g/mol. The number of rotatable bonds is 6. The van der Waals surface area contributed by atoms with Crippen LogP contribution in [0.5, 0.6) is 0 Å². The van der Waals surface area contributed by atoms with E-state index in [2.05, 4.69) is 21.4 Å². The molecule has 13 heavy (non-hydrogen) atoms. The second kappa shape index (κ2) is 7.30. The van der Waals surface area contributed by atoms with Crippen LogP contribution in [0.3, 0.4) is 0 Å². The van der Waals surface area contributed by atoms with Crippen LogP contribution in [-0.4, -0.2) is 38.7 Å². The van der Waals surface area contributed by atoms with Crippen molar-refractivity contribution < 1.29 is 19.1 Å². The highest BCUT2D eigenvalue weighted by Gasteiger charge is 2.02. The van der Waals surface area contributed by atoms with Gasteiger partial charge in [0.2, 0.25) is 5.91 Å². The molecule has 0 aliphatic rings. The monoisotopic (exact) mass is 187 g/mol. The molecule has 0 radical (unpaired) electrons. The molecule has 5 heteroatoms. The Bertz CT molecular complexity index is 191. The number of carbonyl (C=O) groups is 2. The van der Waals surface area contributed by atoms with Crippen LogP contribution in [0.4, 0.5) is 0 Å². The minimum absolute atomic E-state index is 0.144. The quantitative estimate of drug-likeness (QED) is 0.345. The van der Waals surface area contributed by atoms with Gasteiger partial charge in [0.15, 0.2) is 0 Å². The van der Waals surface area contributed by atoms with Gasteiger partial charge in [-0.1, -0.05) is 6.58 Å². The fourth-order valence-corrected chi connectivity index (χ4v) is 0.521. The van der Waals surface area contributed by atoms with Crippen molar-refractivity contribution in [2.24, 2.45) is 0 Å². The van der Waals surface area contributed by atoms with Crippen molar-refractivity contribution in [1.29, 1.82) is 0 Å². The van der Waals surface area contributed by atoms with Crippen LogP contribution in [-0.2, 0) is 19.1 Å². The van der Waals surface area contributed by atoms with E-state index in [0.717, 1.165) is 6.08 Å². The third-order valence-corrected chi connectivity index (χ3v) is 1.14. The first-order valence-corrected chi connectivity index (χ1v) is 3.75. The van der Waals surface area contributed by atoms with E-state index in [1.807, 2.05) is 0 Å². The van der Waals surface area contributed by atoms with Crippen molar-refractivity contribution in [2.75, 3.05) is 26.9 Å². The SMILES string of the molecule is C=CC(=O)NCC(=O)OCCOC. The van der Waals surface area contributed by atoms with E-state index in [1.54, 1.807) is 0 Å². The van der Waals surface area contributed by atoms with Gasteiger partial charge in [0, 0.05) is 7.11 Å². The van der Waals surface area contributed by atoms with Gasteiger partial charge in [0.05, 0.1) is 6.61 Å². The lowest BCUT2D eigenvalue weighted by Crippen LogP contribution is -2.29. The molecule has 0 atom stereocenters. The van der Waals surface area contributed by atoms with Gasteiger partial charge < -0.3 is 14.8 Å². The van der Waals surface area contributed by atoms with Gasteiger partial charge >= 0.3 is 5.97 Å². The number of nitrogens with one attached hydrogen (secondary N) is 1. The molecule has 0 rings (SSSR count). The summed E-state index contributed by atoms with van der Waals surface area (Å²) in [7, 11) is 1.51. The molecule has 0 fully saturated rings. The van der Waals surface area contributed by atoms with Gasteiger partial charge in [0.1, 0.15) is 13.2 Å². The summed E-state index contributed by atoms with van der Waals surface area (Å²) < 4.78 is 9.32. The third kappa shape index (κ3) is 7.02. The molecule has 0 saturated carbocycles. The molecule has 5 nitrogen and oxygen atoms in total. The molecule has 0 aliphatic carbocycles. The molecule has 0 aromatic rings. The molecule has 0 saturated heterocycles. The van der Waals surface area contributed by atoms with Crippen LogP contribution >= 0.6 is 0 Å². The van der Waals surface area contributed by atoms with Gasteiger partial charge in [-0.3, -0.25) is 9.59 Å². The predicted octanol–water partition coefficient (Wildman–Crippen LogP) is -0.522. The molecule has 0 aromatic carbocycles. The molecule has 0 spiro atoms. The molecule has 0 aliphatic heterocycles. The van der Waals surface area contributed by atoms with Crippen LogP contribution in [0.25, 0.3) is 0 Å². The number of carbonyl (C=O) groups excluding carboxylic acids is 2. The normalized spacial score (nSPS) is 9.00. The highest BCUT2D eigenvalue weighted by molar-refractivity contribution is 5.89. The lowest BCUT2D eigenvalue weighted by Gasteiger charge is -2.03. The predicted molar refractivity (Wildman–Crippen MR) is 46.0 cm³/mol. The molecule has 74 valence electrons. The molecule has 0 aromatic heterocycles. The maximum Gasteiger partial charge on any atom is 0.325 e. The Morgan fingerprint density at radius 3 is 2.69 bits per heavy atom. The minimum Gasteiger partial charge on any atom is -0.462 e.